The third kappa shape index (κ3) is 6.08. The normalized spacial score (nSPS) is 11.0. The lowest BCUT2D eigenvalue weighted by Crippen LogP contribution is -2.20. The molecule has 0 saturated heterocycles. The molecule has 2 N–H and O–H groups in total. The minimum atomic E-state index is -4.50. The fraction of sp³-hybridized carbons (Fsp3) is 0.130. The highest BCUT2D eigenvalue weighted by molar-refractivity contribution is 6.04. The molecule has 3 aromatic rings. The van der Waals surface area contributed by atoms with E-state index in [-0.39, 0.29) is 11.6 Å². The number of hydrogen-bond donors (Lipinski definition) is 2. The predicted octanol–water partition coefficient (Wildman–Crippen LogP) is 5.28. The van der Waals surface area contributed by atoms with Crippen molar-refractivity contribution in [1.82, 2.24) is 0 Å². The largest absolute Gasteiger partial charge is 0.484 e. The van der Waals surface area contributed by atoms with Crippen LogP contribution in [0.3, 0.4) is 0 Å². The summed E-state index contributed by atoms with van der Waals surface area (Å²) in [7, 11) is 0. The van der Waals surface area contributed by atoms with Crippen LogP contribution in [0.4, 0.5) is 24.5 Å². The number of hydrogen-bond acceptors (Lipinski definition) is 3. The monoisotopic (exact) mass is 428 g/mol. The molecule has 0 heterocycles. The van der Waals surface area contributed by atoms with Crippen LogP contribution in [0.15, 0.2) is 72.8 Å². The van der Waals surface area contributed by atoms with Crippen LogP contribution in [0.25, 0.3) is 0 Å². The van der Waals surface area contributed by atoms with Gasteiger partial charge in [0.15, 0.2) is 6.61 Å². The van der Waals surface area contributed by atoms with Crippen LogP contribution in [-0.2, 0) is 11.0 Å². The molecule has 0 aliphatic heterocycles. The first-order valence-electron chi connectivity index (χ1n) is 9.29. The molecular weight excluding hydrogens is 409 g/mol. The molecule has 0 saturated carbocycles. The summed E-state index contributed by atoms with van der Waals surface area (Å²) in [4.78, 5) is 24.3. The van der Waals surface area contributed by atoms with E-state index in [1.165, 1.54) is 24.3 Å². The summed E-state index contributed by atoms with van der Waals surface area (Å²) in [6.07, 6.45) is -4.50. The second kappa shape index (κ2) is 9.34. The van der Waals surface area contributed by atoms with Gasteiger partial charge in [0.25, 0.3) is 11.8 Å². The van der Waals surface area contributed by atoms with Crippen molar-refractivity contribution in [3.05, 3.63) is 89.5 Å². The summed E-state index contributed by atoms with van der Waals surface area (Å²) in [5.41, 5.74) is 1.21. The van der Waals surface area contributed by atoms with Crippen LogP contribution in [0.1, 0.15) is 21.5 Å². The number of amides is 2. The summed E-state index contributed by atoms with van der Waals surface area (Å²) >= 11 is 0. The molecule has 0 bridgehead atoms. The van der Waals surface area contributed by atoms with Crippen LogP contribution >= 0.6 is 0 Å². The Balaban J connectivity index is 1.54. The van der Waals surface area contributed by atoms with Crippen molar-refractivity contribution < 1.29 is 27.5 Å². The second-order valence-electron chi connectivity index (χ2n) is 6.71. The van der Waals surface area contributed by atoms with E-state index in [2.05, 4.69) is 10.6 Å². The third-order valence-corrected chi connectivity index (χ3v) is 4.35. The van der Waals surface area contributed by atoms with Crippen LogP contribution in [0.5, 0.6) is 5.75 Å². The van der Waals surface area contributed by atoms with E-state index >= 15 is 0 Å². The Bertz CT molecular complexity index is 1080. The van der Waals surface area contributed by atoms with E-state index in [1.54, 1.807) is 18.2 Å². The van der Waals surface area contributed by atoms with Gasteiger partial charge in [-0.05, 0) is 61.0 Å². The van der Waals surface area contributed by atoms with Crippen molar-refractivity contribution in [2.75, 3.05) is 17.2 Å². The lowest BCUT2D eigenvalue weighted by molar-refractivity contribution is -0.137. The molecule has 0 aliphatic carbocycles. The number of carbonyl (C=O) groups excluding carboxylic acids is 2. The number of halogens is 3. The Morgan fingerprint density at radius 2 is 1.61 bits per heavy atom. The number of rotatable bonds is 6. The fourth-order valence-corrected chi connectivity index (χ4v) is 2.73. The molecule has 0 unspecified atom stereocenters. The summed E-state index contributed by atoms with van der Waals surface area (Å²) in [6.45, 7) is 1.49. The van der Waals surface area contributed by atoms with E-state index in [9.17, 15) is 22.8 Å². The Kier molecular flexibility index (Phi) is 6.59. The van der Waals surface area contributed by atoms with Crippen LogP contribution in [0.2, 0.25) is 0 Å². The maximum absolute atomic E-state index is 12.7. The zero-order valence-electron chi connectivity index (χ0n) is 16.5. The van der Waals surface area contributed by atoms with Gasteiger partial charge in [0.2, 0.25) is 0 Å². The average molecular weight is 428 g/mol. The molecule has 3 aromatic carbocycles. The number of alkyl halides is 3. The average Bonchev–Trinajstić information content (AvgIpc) is 2.74. The molecule has 0 atom stereocenters. The second-order valence-corrected chi connectivity index (χ2v) is 6.71. The smallest absolute Gasteiger partial charge is 0.416 e. The van der Waals surface area contributed by atoms with Gasteiger partial charge in [0.1, 0.15) is 5.75 Å². The molecule has 3 rings (SSSR count). The highest BCUT2D eigenvalue weighted by Gasteiger charge is 2.30. The number of nitrogens with one attached hydrogen (secondary N) is 2. The van der Waals surface area contributed by atoms with E-state index in [0.717, 1.165) is 17.7 Å². The quantitative estimate of drug-likeness (QED) is 0.561. The molecule has 2 amide bonds. The fourth-order valence-electron chi connectivity index (χ4n) is 2.73. The van der Waals surface area contributed by atoms with E-state index < -0.39 is 24.3 Å². The number of para-hydroxylation sites is 1. The minimum Gasteiger partial charge on any atom is -0.484 e. The van der Waals surface area contributed by atoms with Gasteiger partial charge < -0.3 is 15.4 Å². The molecule has 8 heteroatoms. The summed E-state index contributed by atoms with van der Waals surface area (Å²) < 4.78 is 43.6. The first-order chi connectivity index (χ1) is 14.7. The maximum atomic E-state index is 12.7. The van der Waals surface area contributed by atoms with Crippen LogP contribution in [0, 0.1) is 6.92 Å². The minimum absolute atomic E-state index is 0.0200. The Morgan fingerprint density at radius 1 is 0.903 bits per heavy atom. The number of benzene rings is 3. The Morgan fingerprint density at radius 3 is 2.29 bits per heavy atom. The van der Waals surface area contributed by atoms with Crippen molar-refractivity contribution in [1.29, 1.82) is 0 Å². The highest BCUT2D eigenvalue weighted by atomic mass is 19.4. The van der Waals surface area contributed by atoms with Gasteiger partial charge in [-0.25, -0.2) is 0 Å². The van der Waals surface area contributed by atoms with Gasteiger partial charge in [-0.2, -0.15) is 13.2 Å². The van der Waals surface area contributed by atoms with E-state index in [1.807, 2.05) is 25.1 Å². The van der Waals surface area contributed by atoms with Gasteiger partial charge in [-0.1, -0.05) is 24.3 Å². The topological polar surface area (TPSA) is 67.4 Å². The van der Waals surface area contributed by atoms with Gasteiger partial charge in [-0.3, -0.25) is 9.59 Å². The molecule has 0 fully saturated rings. The van der Waals surface area contributed by atoms with Crippen molar-refractivity contribution in [3.8, 4) is 5.75 Å². The first kappa shape index (κ1) is 21.9. The van der Waals surface area contributed by atoms with E-state index in [4.69, 9.17) is 4.74 Å². The van der Waals surface area contributed by atoms with Crippen molar-refractivity contribution in [2.24, 2.45) is 0 Å². The number of ether oxygens (including phenoxy) is 1. The molecule has 0 radical (unpaired) electrons. The number of anilines is 2. The number of aryl methyl sites for hydroxylation is 1. The molecule has 0 spiro atoms. The lowest BCUT2D eigenvalue weighted by Gasteiger charge is -2.11. The predicted molar refractivity (Wildman–Crippen MR) is 111 cm³/mol. The van der Waals surface area contributed by atoms with Gasteiger partial charge >= 0.3 is 6.18 Å². The van der Waals surface area contributed by atoms with Crippen LogP contribution < -0.4 is 15.4 Å². The van der Waals surface area contributed by atoms with Crippen molar-refractivity contribution in [3.63, 3.8) is 0 Å². The third-order valence-electron chi connectivity index (χ3n) is 4.35. The summed E-state index contributed by atoms with van der Waals surface area (Å²) in [6, 6.07) is 17.9. The molecule has 31 heavy (non-hydrogen) atoms. The standard InChI is InChI=1S/C23H19F3N2O3/c1-15-5-2-3-8-20(15)28-22(30)16-9-11-19(12-10-16)31-14-21(29)27-18-7-4-6-17(13-18)23(24,25)26/h2-13H,14H2,1H3,(H,27,29)(H,28,30). The van der Waals surface area contributed by atoms with Crippen LogP contribution in [-0.4, -0.2) is 18.4 Å². The first-order valence-corrected chi connectivity index (χ1v) is 9.29. The van der Waals surface area contributed by atoms with Gasteiger partial charge in [0.05, 0.1) is 5.56 Å². The summed E-state index contributed by atoms with van der Waals surface area (Å²) in [5, 5.41) is 5.17. The van der Waals surface area contributed by atoms with Gasteiger partial charge in [0, 0.05) is 16.9 Å². The van der Waals surface area contributed by atoms with Crippen molar-refractivity contribution >= 4 is 23.2 Å². The molecule has 0 aromatic heterocycles. The SMILES string of the molecule is Cc1ccccc1NC(=O)c1ccc(OCC(=O)Nc2cccc(C(F)(F)F)c2)cc1. The molecule has 160 valence electrons. The molecule has 5 nitrogen and oxygen atoms in total. The molecular formula is C23H19F3N2O3. The zero-order chi connectivity index (χ0) is 22.4. The number of carbonyl (C=O) groups is 2. The van der Waals surface area contributed by atoms with E-state index in [0.29, 0.717) is 17.0 Å². The maximum Gasteiger partial charge on any atom is 0.416 e. The Labute approximate surface area is 176 Å². The Hall–Kier alpha value is -3.81. The summed E-state index contributed by atoms with van der Waals surface area (Å²) in [5.74, 6) is -0.560. The van der Waals surface area contributed by atoms with Crippen molar-refractivity contribution in [2.45, 2.75) is 13.1 Å². The lowest BCUT2D eigenvalue weighted by atomic mass is 10.1. The van der Waals surface area contributed by atoms with Gasteiger partial charge in [-0.15, -0.1) is 0 Å². The molecule has 0 aliphatic rings. The zero-order valence-corrected chi connectivity index (χ0v) is 16.5. The highest BCUT2D eigenvalue weighted by Crippen LogP contribution is 2.30.